The van der Waals surface area contributed by atoms with Crippen LogP contribution in [0.15, 0.2) is 53.8 Å². The van der Waals surface area contributed by atoms with Gasteiger partial charge in [0.2, 0.25) is 0 Å². The van der Waals surface area contributed by atoms with Crippen molar-refractivity contribution in [3.63, 3.8) is 0 Å². The van der Waals surface area contributed by atoms with E-state index in [2.05, 4.69) is 18.0 Å². The molecule has 4 aliphatic carbocycles. The smallest absolute Gasteiger partial charge is 0.256 e. The number of aliphatic hydroxyl groups is 1. The molecule has 3 saturated carbocycles. The first-order valence-corrected chi connectivity index (χ1v) is 15.1. The molecule has 1 aromatic carbocycles. The largest absolute Gasteiger partial charge is 0.497 e. The topological polar surface area (TPSA) is 98.2 Å². The number of amides is 1. The van der Waals surface area contributed by atoms with Gasteiger partial charge in [-0.15, -0.1) is 0 Å². The van der Waals surface area contributed by atoms with Gasteiger partial charge in [0, 0.05) is 35.2 Å². The highest BCUT2D eigenvalue weighted by molar-refractivity contribution is 6.03. The molecule has 8 heteroatoms. The third-order valence-corrected chi connectivity index (χ3v) is 11.4. The van der Waals surface area contributed by atoms with Crippen LogP contribution in [0.2, 0.25) is 0 Å². The fourth-order valence-corrected chi connectivity index (χ4v) is 9.56. The van der Waals surface area contributed by atoms with Gasteiger partial charge in [0.05, 0.1) is 26.2 Å². The molecule has 0 bridgehead atoms. The predicted molar refractivity (Wildman–Crippen MR) is 155 cm³/mol. The van der Waals surface area contributed by atoms with Gasteiger partial charge in [0.25, 0.3) is 5.91 Å². The summed E-state index contributed by atoms with van der Waals surface area (Å²) in [6.07, 6.45) is 8.19. The summed E-state index contributed by atoms with van der Waals surface area (Å²) in [4.78, 5) is 33.0. The van der Waals surface area contributed by atoms with Gasteiger partial charge in [-0.1, -0.05) is 19.1 Å². The fraction of sp³-hybridized carbons (Fsp3) is 0.500. The number of anilines is 1. The zero-order valence-corrected chi connectivity index (χ0v) is 24.3. The summed E-state index contributed by atoms with van der Waals surface area (Å²) in [5.74, 6) is 2.51. The van der Waals surface area contributed by atoms with Crippen molar-refractivity contribution in [1.82, 2.24) is 4.98 Å². The van der Waals surface area contributed by atoms with Gasteiger partial charge in [-0.3, -0.25) is 14.5 Å². The summed E-state index contributed by atoms with van der Waals surface area (Å²) in [7, 11) is 3.26. The Hall–Kier alpha value is -3.49. The summed E-state index contributed by atoms with van der Waals surface area (Å²) >= 11 is 0. The molecule has 4 fully saturated rings. The Morgan fingerprint density at radius 3 is 2.62 bits per heavy atom. The van der Waals surface area contributed by atoms with Crippen LogP contribution in [0.5, 0.6) is 11.5 Å². The van der Waals surface area contributed by atoms with Crippen molar-refractivity contribution >= 4 is 23.1 Å². The van der Waals surface area contributed by atoms with Gasteiger partial charge >= 0.3 is 0 Å². The highest BCUT2D eigenvalue weighted by atomic mass is 16.5. The van der Waals surface area contributed by atoms with Crippen LogP contribution >= 0.6 is 0 Å². The maximum atomic E-state index is 13.7. The first-order valence-electron chi connectivity index (χ1n) is 15.1. The van der Waals surface area contributed by atoms with Crippen molar-refractivity contribution in [3.8, 4) is 11.5 Å². The van der Waals surface area contributed by atoms with Crippen LogP contribution < -0.4 is 14.4 Å². The molecule has 6 aliphatic rings. The van der Waals surface area contributed by atoms with E-state index in [1.54, 1.807) is 31.4 Å². The number of benzene rings is 1. The molecule has 7 atom stereocenters. The number of ketones is 1. The molecule has 1 amide bonds. The number of rotatable bonds is 3. The third kappa shape index (κ3) is 3.22. The van der Waals surface area contributed by atoms with E-state index < -0.39 is 17.7 Å². The van der Waals surface area contributed by atoms with Crippen molar-refractivity contribution in [3.05, 3.63) is 64.9 Å². The minimum atomic E-state index is -1.26. The number of aromatic nitrogens is 1. The minimum Gasteiger partial charge on any atom is -0.497 e. The van der Waals surface area contributed by atoms with E-state index in [-0.39, 0.29) is 23.8 Å². The SMILES string of the molecule is COc1cc(OC)cc(C2=C3CC[C@@H]4[C@H](CC[C@]5(C)C(=O)CC[C@@H]45)C3=CC3C(O)c4cccnc4N4C(=O)COC234)c1. The fourth-order valence-electron chi connectivity index (χ4n) is 9.56. The van der Waals surface area contributed by atoms with Crippen molar-refractivity contribution in [2.45, 2.75) is 57.3 Å². The van der Waals surface area contributed by atoms with Gasteiger partial charge in [0.1, 0.15) is 29.7 Å². The lowest BCUT2D eigenvalue weighted by Gasteiger charge is -2.55. The molecular weight excluding hydrogens is 532 g/mol. The molecule has 8 rings (SSSR count). The maximum Gasteiger partial charge on any atom is 0.256 e. The van der Waals surface area contributed by atoms with E-state index in [4.69, 9.17) is 14.2 Å². The van der Waals surface area contributed by atoms with Crippen LogP contribution in [0, 0.1) is 29.1 Å². The normalized spacial score (nSPS) is 36.3. The summed E-state index contributed by atoms with van der Waals surface area (Å²) in [5, 5.41) is 12.0. The average Bonchev–Trinajstić information content (AvgIpc) is 3.51. The van der Waals surface area contributed by atoms with Gasteiger partial charge < -0.3 is 19.3 Å². The van der Waals surface area contributed by atoms with E-state index in [0.717, 1.165) is 43.2 Å². The number of fused-ring (bicyclic) bond motifs is 7. The van der Waals surface area contributed by atoms with Gasteiger partial charge in [-0.2, -0.15) is 0 Å². The number of pyridine rings is 1. The number of carbonyl (C=O) groups is 2. The van der Waals surface area contributed by atoms with Crippen LogP contribution in [-0.4, -0.2) is 48.3 Å². The van der Waals surface area contributed by atoms with Crippen LogP contribution in [-0.2, 0) is 14.3 Å². The molecule has 1 spiro atoms. The lowest BCUT2D eigenvalue weighted by atomic mass is 9.52. The minimum absolute atomic E-state index is 0.102. The van der Waals surface area contributed by atoms with Crippen molar-refractivity contribution < 1.29 is 28.9 Å². The average molecular weight is 569 g/mol. The lowest BCUT2D eigenvalue weighted by Crippen LogP contribution is -2.60. The van der Waals surface area contributed by atoms with E-state index in [1.165, 1.54) is 11.1 Å². The van der Waals surface area contributed by atoms with E-state index in [0.29, 0.717) is 46.9 Å². The monoisotopic (exact) mass is 568 g/mol. The number of allylic oxidation sites excluding steroid dienone is 2. The number of hydrogen-bond donors (Lipinski definition) is 1. The molecule has 0 radical (unpaired) electrons. The number of carbonyl (C=O) groups excluding carboxylic acids is 2. The standard InChI is InChI=1S/C34H36N2O6/c1-33-11-10-21-22(26(33)8-9-28(33)37)6-7-23-25(21)16-27-31(39)24-5-4-12-35-32(24)36-29(38)17-42-34(27,36)30(23)18-13-19(40-2)15-20(14-18)41-3/h4-5,12-16,21-22,26-27,31,39H,6-11,17H2,1-3H3/t21-,22+,26-,27?,31?,33-,34?/m0/s1. The van der Waals surface area contributed by atoms with E-state index >= 15 is 0 Å². The second-order valence-corrected chi connectivity index (χ2v) is 13.0. The van der Waals surface area contributed by atoms with Gasteiger partial charge in [0.15, 0.2) is 5.72 Å². The van der Waals surface area contributed by atoms with Crippen LogP contribution in [0.1, 0.15) is 62.7 Å². The molecule has 2 aromatic rings. The number of Topliss-reactive ketones (excluding diaryl/α,β-unsaturated/α-hetero) is 1. The first kappa shape index (κ1) is 26.2. The number of hydrogen-bond acceptors (Lipinski definition) is 7. The van der Waals surface area contributed by atoms with Crippen molar-refractivity contribution in [2.24, 2.45) is 29.1 Å². The quantitative estimate of drug-likeness (QED) is 0.555. The molecule has 8 nitrogen and oxygen atoms in total. The summed E-state index contributed by atoms with van der Waals surface area (Å²) < 4.78 is 18.0. The van der Waals surface area contributed by atoms with E-state index in [1.807, 2.05) is 24.3 Å². The second kappa shape index (κ2) is 9.01. The number of ether oxygens (including phenoxy) is 3. The van der Waals surface area contributed by atoms with Gasteiger partial charge in [-0.05, 0) is 84.8 Å². The molecule has 1 saturated heterocycles. The van der Waals surface area contributed by atoms with Gasteiger partial charge in [-0.25, -0.2) is 4.98 Å². The molecule has 42 heavy (non-hydrogen) atoms. The molecule has 1 N–H and O–H groups in total. The Balaban J connectivity index is 1.38. The highest BCUT2D eigenvalue weighted by Gasteiger charge is 2.65. The Morgan fingerprint density at radius 2 is 1.86 bits per heavy atom. The second-order valence-electron chi connectivity index (χ2n) is 13.0. The third-order valence-electron chi connectivity index (χ3n) is 11.4. The van der Waals surface area contributed by atoms with Crippen molar-refractivity contribution in [1.29, 1.82) is 0 Å². The van der Waals surface area contributed by atoms with Crippen LogP contribution in [0.3, 0.4) is 0 Å². The Labute approximate surface area is 245 Å². The molecule has 3 unspecified atom stereocenters. The maximum absolute atomic E-state index is 13.7. The summed E-state index contributed by atoms with van der Waals surface area (Å²) in [6.45, 7) is 2.09. The first-order chi connectivity index (χ1) is 20.3. The lowest BCUT2D eigenvalue weighted by molar-refractivity contribution is -0.129. The number of nitrogens with zero attached hydrogens (tertiary/aromatic N) is 2. The molecule has 2 aliphatic heterocycles. The predicted octanol–water partition coefficient (Wildman–Crippen LogP) is 5.02. The van der Waals surface area contributed by atoms with Crippen LogP contribution in [0.25, 0.3) is 5.57 Å². The van der Waals surface area contributed by atoms with E-state index in [9.17, 15) is 14.7 Å². The zero-order valence-electron chi connectivity index (χ0n) is 24.3. The van der Waals surface area contributed by atoms with Crippen LogP contribution in [0.4, 0.5) is 5.82 Å². The number of aliphatic hydroxyl groups excluding tert-OH is 1. The van der Waals surface area contributed by atoms with Crippen molar-refractivity contribution in [2.75, 3.05) is 25.7 Å². The summed E-state index contributed by atoms with van der Waals surface area (Å²) in [5.41, 5.74) is 3.29. The molecule has 3 heterocycles. The highest BCUT2D eigenvalue weighted by Crippen LogP contribution is 2.65. The summed E-state index contributed by atoms with van der Waals surface area (Å²) in [6, 6.07) is 9.45. The molecular formula is C34H36N2O6. The number of methoxy groups -OCH3 is 2. The Morgan fingerprint density at radius 1 is 1.07 bits per heavy atom. The Kier molecular flexibility index (Phi) is 5.61. The Bertz CT molecular complexity index is 1570. The molecule has 1 aromatic heterocycles. The molecule has 218 valence electrons. The zero-order chi connectivity index (χ0) is 29.0.